The lowest BCUT2D eigenvalue weighted by Crippen LogP contribution is -2.43. The summed E-state index contributed by atoms with van der Waals surface area (Å²) in [5, 5.41) is 11.8. The standard InChI is InChI=1S/C21H23F2NO3/c1-21(2,3)15-6-4-13(5-7-15)10-18(20(26)27)24-19(25)11-14-8-16(22)12-17(23)9-14/h4-9,12,18H,10-11H2,1-3H3,(H,24,25)(H,26,27)/t18-/m1/s1. The summed E-state index contributed by atoms with van der Waals surface area (Å²) in [4.78, 5) is 23.6. The Morgan fingerprint density at radius 3 is 2.04 bits per heavy atom. The molecule has 2 rings (SSSR count). The van der Waals surface area contributed by atoms with Crippen LogP contribution in [0.5, 0.6) is 0 Å². The average Bonchev–Trinajstić information content (AvgIpc) is 2.52. The molecule has 1 atom stereocenters. The van der Waals surface area contributed by atoms with Crippen LogP contribution in [-0.2, 0) is 27.8 Å². The van der Waals surface area contributed by atoms with Gasteiger partial charge in [0.25, 0.3) is 0 Å². The molecule has 2 N–H and O–H groups in total. The van der Waals surface area contributed by atoms with E-state index in [4.69, 9.17) is 0 Å². The highest BCUT2D eigenvalue weighted by Crippen LogP contribution is 2.22. The highest BCUT2D eigenvalue weighted by molar-refractivity contribution is 5.85. The van der Waals surface area contributed by atoms with Gasteiger partial charge in [0.2, 0.25) is 5.91 Å². The van der Waals surface area contributed by atoms with Crippen molar-refractivity contribution in [1.82, 2.24) is 5.32 Å². The Bertz CT molecular complexity index is 806. The number of carbonyl (C=O) groups is 2. The third kappa shape index (κ3) is 6.16. The molecule has 0 unspecified atom stereocenters. The van der Waals surface area contributed by atoms with Crippen LogP contribution in [0.25, 0.3) is 0 Å². The Morgan fingerprint density at radius 1 is 1.00 bits per heavy atom. The summed E-state index contributed by atoms with van der Waals surface area (Å²) in [5.74, 6) is -3.36. The Labute approximate surface area is 157 Å². The first kappa shape index (κ1) is 20.6. The molecule has 0 aliphatic heterocycles. The maximum atomic E-state index is 13.2. The number of carboxylic acid groups (broad SMARTS) is 1. The molecule has 0 spiro atoms. The molecule has 27 heavy (non-hydrogen) atoms. The predicted octanol–water partition coefficient (Wildman–Crippen LogP) is 3.62. The molecule has 0 aromatic heterocycles. The number of carboxylic acids is 1. The van der Waals surface area contributed by atoms with Gasteiger partial charge in [-0.2, -0.15) is 0 Å². The SMILES string of the molecule is CC(C)(C)c1ccc(C[C@@H](NC(=O)Cc2cc(F)cc(F)c2)C(=O)O)cc1. The van der Waals surface area contributed by atoms with Crippen molar-refractivity contribution in [1.29, 1.82) is 0 Å². The lowest BCUT2D eigenvalue weighted by Gasteiger charge is -2.20. The molecular weight excluding hydrogens is 352 g/mol. The first-order valence-electron chi connectivity index (χ1n) is 8.61. The van der Waals surface area contributed by atoms with Crippen molar-refractivity contribution >= 4 is 11.9 Å². The average molecular weight is 375 g/mol. The van der Waals surface area contributed by atoms with Gasteiger partial charge in [-0.3, -0.25) is 4.79 Å². The van der Waals surface area contributed by atoms with Crippen LogP contribution in [0, 0.1) is 11.6 Å². The van der Waals surface area contributed by atoms with E-state index in [2.05, 4.69) is 26.1 Å². The van der Waals surface area contributed by atoms with Crippen LogP contribution in [0.1, 0.15) is 37.5 Å². The largest absolute Gasteiger partial charge is 0.480 e. The molecule has 0 fully saturated rings. The summed E-state index contributed by atoms with van der Waals surface area (Å²) in [6.45, 7) is 6.24. The van der Waals surface area contributed by atoms with Gasteiger partial charge in [0.1, 0.15) is 17.7 Å². The fraction of sp³-hybridized carbons (Fsp3) is 0.333. The van der Waals surface area contributed by atoms with Crippen molar-refractivity contribution in [2.45, 2.75) is 45.1 Å². The van der Waals surface area contributed by atoms with E-state index in [1.807, 2.05) is 24.3 Å². The predicted molar refractivity (Wildman–Crippen MR) is 98.5 cm³/mol. The molecular formula is C21H23F2NO3. The summed E-state index contributed by atoms with van der Waals surface area (Å²) < 4.78 is 26.4. The number of halogens is 2. The lowest BCUT2D eigenvalue weighted by molar-refractivity contribution is -0.141. The van der Waals surface area contributed by atoms with Gasteiger partial charge in [0, 0.05) is 12.5 Å². The minimum absolute atomic E-state index is 0.0147. The molecule has 0 aliphatic rings. The van der Waals surface area contributed by atoms with Crippen molar-refractivity contribution in [3.63, 3.8) is 0 Å². The van der Waals surface area contributed by atoms with Crippen LogP contribution in [0.3, 0.4) is 0 Å². The third-order valence-electron chi connectivity index (χ3n) is 4.18. The molecule has 2 aromatic carbocycles. The zero-order chi connectivity index (χ0) is 20.2. The fourth-order valence-electron chi connectivity index (χ4n) is 2.72. The quantitative estimate of drug-likeness (QED) is 0.810. The van der Waals surface area contributed by atoms with Crippen LogP contribution < -0.4 is 5.32 Å². The number of nitrogens with one attached hydrogen (secondary N) is 1. The minimum Gasteiger partial charge on any atom is -0.480 e. The van der Waals surface area contributed by atoms with E-state index < -0.39 is 29.6 Å². The lowest BCUT2D eigenvalue weighted by atomic mass is 9.86. The normalized spacial score (nSPS) is 12.5. The van der Waals surface area contributed by atoms with Gasteiger partial charge in [0.15, 0.2) is 0 Å². The van der Waals surface area contributed by atoms with Crippen molar-refractivity contribution in [3.8, 4) is 0 Å². The number of hydrogen-bond acceptors (Lipinski definition) is 2. The number of amides is 1. The van der Waals surface area contributed by atoms with Crippen molar-refractivity contribution in [2.24, 2.45) is 0 Å². The van der Waals surface area contributed by atoms with Crippen LogP contribution in [0.15, 0.2) is 42.5 Å². The zero-order valence-corrected chi connectivity index (χ0v) is 15.6. The molecule has 2 aromatic rings. The highest BCUT2D eigenvalue weighted by Gasteiger charge is 2.21. The molecule has 0 aliphatic carbocycles. The van der Waals surface area contributed by atoms with Crippen LogP contribution in [-0.4, -0.2) is 23.0 Å². The second-order valence-electron chi connectivity index (χ2n) is 7.56. The molecule has 0 saturated carbocycles. The summed E-state index contributed by atoms with van der Waals surface area (Å²) in [6, 6.07) is 9.22. The van der Waals surface area contributed by atoms with Gasteiger partial charge in [-0.1, -0.05) is 45.0 Å². The minimum atomic E-state index is -1.17. The first-order valence-corrected chi connectivity index (χ1v) is 8.61. The van der Waals surface area contributed by atoms with Gasteiger partial charge in [-0.25, -0.2) is 13.6 Å². The van der Waals surface area contributed by atoms with E-state index in [0.717, 1.165) is 23.3 Å². The second kappa shape index (κ2) is 8.29. The fourth-order valence-corrected chi connectivity index (χ4v) is 2.72. The molecule has 4 nitrogen and oxygen atoms in total. The van der Waals surface area contributed by atoms with E-state index in [1.54, 1.807) is 0 Å². The number of aliphatic carboxylic acids is 1. The van der Waals surface area contributed by atoms with Crippen LogP contribution >= 0.6 is 0 Å². The topological polar surface area (TPSA) is 66.4 Å². The maximum absolute atomic E-state index is 13.2. The van der Waals surface area contributed by atoms with E-state index in [1.165, 1.54) is 0 Å². The smallest absolute Gasteiger partial charge is 0.326 e. The highest BCUT2D eigenvalue weighted by atomic mass is 19.1. The first-order chi connectivity index (χ1) is 12.5. The Balaban J connectivity index is 2.04. The number of benzene rings is 2. The van der Waals surface area contributed by atoms with Gasteiger partial charge in [-0.15, -0.1) is 0 Å². The maximum Gasteiger partial charge on any atom is 0.326 e. The summed E-state index contributed by atoms with van der Waals surface area (Å²) in [5.41, 5.74) is 2.02. The van der Waals surface area contributed by atoms with Gasteiger partial charge >= 0.3 is 5.97 Å². The molecule has 6 heteroatoms. The second-order valence-corrected chi connectivity index (χ2v) is 7.56. The Kier molecular flexibility index (Phi) is 6.31. The molecule has 1 amide bonds. The Hall–Kier alpha value is -2.76. The van der Waals surface area contributed by atoms with Crippen molar-refractivity contribution < 1.29 is 23.5 Å². The van der Waals surface area contributed by atoms with E-state index in [9.17, 15) is 23.5 Å². The third-order valence-corrected chi connectivity index (χ3v) is 4.18. The number of rotatable bonds is 6. The van der Waals surface area contributed by atoms with Crippen molar-refractivity contribution in [2.75, 3.05) is 0 Å². The summed E-state index contributed by atoms with van der Waals surface area (Å²) >= 11 is 0. The van der Waals surface area contributed by atoms with E-state index in [0.29, 0.717) is 6.07 Å². The summed E-state index contributed by atoms with van der Waals surface area (Å²) in [6.07, 6.45) is -0.190. The van der Waals surface area contributed by atoms with E-state index in [-0.39, 0.29) is 23.8 Å². The molecule has 0 saturated heterocycles. The monoisotopic (exact) mass is 375 g/mol. The zero-order valence-electron chi connectivity index (χ0n) is 15.6. The van der Waals surface area contributed by atoms with Crippen molar-refractivity contribution in [3.05, 3.63) is 70.8 Å². The summed E-state index contributed by atoms with van der Waals surface area (Å²) in [7, 11) is 0. The van der Waals surface area contributed by atoms with Crippen LogP contribution in [0.2, 0.25) is 0 Å². The van der Waals surface area contributed by atoms with E-state index >= 15 is 0 Å². The molecule has 144 valence electrons. The molecule has 0 bridgehead atoms. The van der Waals surface area contributed by atoms with Crippen LogP contribution in [0.4, 0.5) is 8.78 Å². The number of hydrogen-bond donors (Lipinski definition) is 2. The Morgan fingerprint density at radius 2 is 1.56 bits per heavy atom. The van der Waals surface area contributed by atoms with Gasteiger partial charge in [-0.05, 0) is 34.2 Å². The van der Waals surface area contributed by atoms with Gasteiger partial charge < -0.3 is 10.4 Å². The number of carbonyl (C=O) groups excluding carboxylic acids is 1. The van der Waals surface area contributed by atoms with Gasteiger partial charge in [0.05, 0.1) is 6.42 Å². The molecule has 0 heterocycles. The molecule has 0 radical (unpaired) electrons.